The van der Waals surface area contributed by atoms with E-state index < -0.39 is 0 Å². The number of aryl methyl sites for hydroxylation is 1. The number of nitrogens with zero attached hydrogens (tertiary/aromatic N) is 2. The van der Waals surface area contributed by atoms with E-state index in [0.717, 1.165) is 41.2 Å². The second kappa shape index (κ2) is 7.18. The molecule has 0 amide bonds. The van der Waals surface area contributed by atoms with Gasteiger partial charge in [0.25, 0.3) is 0 Å². The van der Waals surface area contributed by atoms with Crippen LogP contribution in [-0.4, -0.2) is 23.6 Å². The first kappa shape index (κ1) is 16.2. The van der Waals surface area contributed by atoms with E-state index in [1.54, 1.807) is 18.4 Å². The van der Waals surface area contributed by atoms with Gasteiger partial charge < -0.3 is 10.1 Å². The van der Waals surface area contributed by atoms with E-state index in [0.29, 0.717) is 5.92 Å². The maximum Gasteiger partial charge on any atom is 0.161 e. The van der Waals surface area contributed by atoms with Gasteiger partial charge in [-0.3, -0.25) is 0 Å². The first-order valence-corrected chi connectivity index (χ1v) is 8.49. The fraction of sp³-hybridized carbons (Fsp3) is 0.625. The van der Waals surface area contributed by atoms with E-state index in [1.807, 2.05) is 0 Å². The number of thiophene rings is 1. The molecule has 0 radical (unpaired) electrons. The average molecular weight is 307 g/mol. The van der Waals surface area contributed by atoms with Crippen LogP contribution in [0, 0.1) is 5.92 Å². The van der Waals surface area contributed by atoms with Crippen molar-refractivity contribution in [2.45, 2.75) is 46.6 Å². The first-order chi connectivity index (χ1) is 10.1. The van der Waals surface area contributed by atoms with Crippen LogP contribution < -0.4 is 5.32 Å². The smallest absolute Gasteiger partial charge is 0.161 e. The molecular weight excluding hydrogens is 282 g/mol. The maximum absolute atomic E-state index is 5.59. The van der Waals surface area contributed by atoms with Crippen LogP contribution >= 0.6 is 11.3 Å². The summed E-state index contributed by atoms with van der Waals surface area (Å²) >= 11 is 1.75. The zero-order chi connectivity index (χ0) is 15.4. The molecule has 0 saturated carbocycles. The Bertz CT molecular complexity index is 594. The third-order valence-electron chi connectivity index (χ3n) is 3.47. The Morgan fingerprint density at radius 3 is 2.62 bits per heavy atom. The summed E-state index contributed by atoms with van der Waals surface area (Å²) in [6.07, 6.45) is 2.04. The zero-order valence-electron chi connectivity index (χ0n) is 13.6. The van der Waals surface area contributed by atoms with Gasteiger partial charge in [0, 0.05) is 18.5 Å². The highest BCUT2D eigenvalue weighted by molar-refractivity contribution is 7.18. The highest BCUT2D eigenvalue weighted by Crippen LogP contribution is 2.32. The van der Waals surface area contributed by atoms with Gasteiger partial charge in [0.2, 0.25) is 0 Å². The van der Waals surface area contributed by atoms with Crippen LogP contribution in [0.3, 0.4) is 0 Å². The second-order valence-corrected chi connectivity index (χ2v) is 6.66. The molecule has 0 aliphatic heterocycles. The molecule has 0 aromatic carbocycles. The van der Waals surface area contributed by atoms with Gasteiger partial charge in [-0.15, -0.1) is 11.3 Å². The van der Waals surface area contributed by atoms with Crippen molar-refractivity contribution in [3.05, 3.63) is 16.8 Å². The van der Waals surface area contributed by atoms with Crippen LogP contribution in [0.25, 0.3) is 10.2 Å². The molecule has 5 heteroatoms. The summed E-state index contributed by atoms with van der Waals surface area (Å²) in [5.41, 5.74) is 0. The largest absolute Gasteiger partial charge is 0.373 e. The fourth-order valence-electron chi connectivity index (χ4n) is 2.34. The van der Waals surface area contributed by atoms with Crippen LogP contribution in [0.2, 0.25) is 0 Å². The molecular formula is C16H25N3OS. The number of hydrogen-bond donors (Lipinski definition) is 1. The summed E-state index contributed by atoms with van der Waals surface area (Å²) < 4.78 is 5.59. The van der Waals surface area contributed by atoms with E-state index in [9.17, 15) is 0 Å². The average Bonchev–Trinajstić information content (AvgIpc) is 2.88. The van der Waals surface area contributed by atoms with Gasteiger partial charge in [0.05, 0.1) is 5.39 Å². The highest BCUT2D eigenvalue weighted by atomic mass is 32.1. The predicted octanol–water partition coefficient (Wildman–Crippen LogP) is 4.42. The number of hydrogen-bond acceptors (Lipinski definition) is 5. The highest BCUT2D eigenvalue weighted by Gasteiger charge is 2.21. The molecule has 2 aromatic heterocycles. The molecule has 2 heterocycles. The van der Waals surface area contributed by atoms with Gasteiger partial charge in [-0.05, 0) is 24.8 Å². The van der Waals surface area contributed by atoms with Crippen molar-refractivity contribution >= 4 is 27.4 Å². The Balaban J connectivity index is 2.51. The molecule has 116 valence electrons. The van der Waals surface area contributed by atoms with Gasteiger partial charge in [0.15, 0.2) is 5.82 Å². The number of anilines is 1. The van der Waals surface area contributed by atoms with Crippen molar-refractivity contribution in [3.63, 3.8) is 0 Å². The number of methoxy groups -OCH3 is 1. The monoisotopic (exact) mass is 307 g/mol. The summed E-state index contributed by atoms with van der Waals surface area (Å²) in [6.45, 7) is 9.51. The van der Waals surface area contributed by atoms with Crippen LogP contribution in [-0.2, 0) is 11.2 Å². The lowest BCUT2D eigenvalue weighted by Gasteiger charge is -2.18. The molecule has 0 spiro atoms. The summed E-state index contributed by atoms with van der Waals surface area (Å²) in [5.74, 6) is 2.07. The number of nitrogens with one attached hydrogen (secondary N) is 1. The lowest BCUT2D eigenvalue weighted by Crippen LogP contribution is -2.14. The lowest BCUT2D eigenvalue weighted by molar-refractivity contribution is 0.0579. The Morgan fingerprint density at radius 1 is 1.29 bits per heavy atom. The number of aromatic nitrogens is 2. The minimum absolute atomic E-state index is 0.0660. The van der Waals surface area contributed by atoms with Crippen molar-refractivity contribution in [1.29, 1.82) is 0 Å². The van der Waals surface area contributed by atoms with Crippen molar-refractivity contribution in [2.75, 3.05) is 19.0 Å². The van der Waals surface area contributed by atoms with Gasteiger partial charge in [-0.1, -0.05) is 27.7 Å². The number of ether oxygens (including phenoxy) is 1. The van der Waals surface area contributed by atoms with Gasteiger partial charge in [-0.2, -0.15) is 0 Å². The summed E-state index contributed by atoms with van der Waals surface area (Å²) in [5, 5.41) is 4.57. The third-order valence-corrected chi connectivity index (χ3v) is 4.64. The minimum atomic E-state index is -0.0660. The summed E-state index contributed by atoms with van der Waals surface area (Å²) in [6, 6.07) is 2.21. The number of rotatable bonds is 7. The summed E-state index contributed by atoms with van der Waals surface area (Å²) in [4.78, 5) is 11.9. The predicted molar refractivity (Wildman–Crippen MR) is 90.2 cm³/mol. The Hall–Kier alpha value is -1.20. The van der Waals surface area contributed by atoms with Gasteiger partial charge >= 0.3 is 0 Å². The quantitative estimate of drug-likeness (QED) is 0.822. The minimum Gasteiger partial charge on any atom is -0.373 e. The Kier molecular flexibility index (Phi) is 5.53. The van der Waals surface area contributed by atoms with Gasteiger partial charge in [0.1, 0.15) is 16.8 Å². The van der Waals surface area contributed by atoms with E-state index in [2.05, 4.69) is 39.1 Å². The van der Waals surface area contributed by atoms with Gasteiger partial charge in [-0.25, -0.2) is 9.97 Å². The molecule has 1 atom stereocenters. The second-order valence-electron chi connectivity index (χ2n) is 5.54. The SMILES string of the molecule is CCCNc1nc(C(OC)C(C)C)nc2sc(CC)cc12. The molecule has 2 rings (SSSR count). The van der Waals surface area contributed by atoms with Crippen molar-refractivity contribution in [2.24, 2.45) is 5.92 Å². The maximum atomic E-state index is 5.59. The first-order valence-electron chi connectivity index (χ1n) is 7.67. The number of fused-ring (bicyclic) bond motifs is 1. The summed E-state index contributed by atoms with van der Waals surface area (Å²) in [7, 11) is 1.73. The van der Waals surface area contributed by atoms with E-state index in [-0.39, 0.29) is 6.10 Å². The molecule has 4 nitrogen and oxygen atoms in total. The molecule has 2 aromatic rings. The Morgan fingerprint density at radius 2 is 2.05 bits per heavy atom. The van der Waals surface area contributed by atoms with Crippen LogP contribution in [0.15, 0.2) is 6.07 Å². The molecule has 0 fully saturated rings. The lowest BCUT2D eigenvalue weighted by atomic mass is 10.1. The van der Waals surface area contributed by atoms with Crippen LogP contribution in [0.5, 0.6) is 0 Å². The van der Waals surface area contributed by atoms with Crippen LogP contribution in [0.1, 0.15) is 50.9 Å². The van der Waals surface area contributed by atoms with Crippen molar-refractivity contribution < 1.29 is 4.74 Å². The molecule has 0 aliphatic carbocycles. The van der Waals surface area contributed by atoms with E-state index in [4.69, 9.17) is 14.7 Å². The molecule has 21 heavy (non-hydrogen) atoms. The fourth-order valence-corrected chi connectivity index (χ4v) is 3.32. The van der Waals surface area contributed by atoms with Crippen molar-refractivity contribution in [3.8, 4) is 0 Å². The van der Waals surface area contributed by atoms with E-state index in [1.165, 1.54) is 4.88 Å². The normalized spacial score (nSPS) is 13.0. The molecule has 1 N–H and O–H groups in total. The van der Waals surface area contributed by atoms with E-state index >= 15 is 0 Å². The zero-order valence-corrected chi connectivity index (χ0v) is 14.4. The third kappa shape index (κ3) is 3.52. The van der Waals surface area contributed by atoms with Crippen LogP contribution in [0.4, 0.5) is 5.82 Å². The Labute approximate surface area is 131 Å². The topological polar surface area (TPSA) is 47.0 Å². The molecule has 0 aliphatic rings. The molecule has 1 unspecified atom stereocenters. The molecule has 0 bridgehead atoms. The molecule has 0 saturated heterocycles. The standard InChI is InChI=1S/C16H25N3OS/c1-6-8-17-14-12-9-11(7-2)21-16(12)19-15(18-14)13(20-5)10(3)4/h9-10,13H,6-8H2,1-5H3,(H,17,18,19). The van der Waals surface area contributed by atoms with Crippen molar-refractivity contribution in [1.82, 2.24) is 9.97 Å².